The smallest absolute Gasteiger partial charge is 0.338 e. The molecule has 0 radical (unpaired) electrons. The maximum absolute atomic E-state index is 13.1. The zero-order valence-corrected chi connectivity index (χ0v) is 23.6. The fourth-order valence-electron chi connectivity index (χ4n) is 4.33. The van der Waals surface area contributed by atoms with Gasteiger partial charge in [0.1, 0.15) is 18.4 Å². The van der Waals surface area contributed by atoms with Gasteiger partial charge in [-0.15, -0.1) is 5.10 Å². The summed E-state index contributed by atoms with van der Waals surface area (Å²) in [5, 5.41) is 9.30. The zero-order valence-electron chi connectivity index (χ0n) is 22.0. The van der Waals surface area contributed by atoms with Crippen LogP contribution in [0.3, 0.4) is 0 Å². The maximum atomic E-state index is 13.1. The van der Waals surface area contributed by atoms with Crippen LogP contribution in [0.5, 0.6) is 5.75 Å². The number of aromatic nitrogens is 3. The number of halogens is 1. The Morgan fingerprint density at radius 3 is 2.51 bits per heavy atom. The van der Waals surface area contributed by atoms with Gasteiger partial charge >= 0.3 is 5.97 Å². The largest absolute Gasteiger partial charge is 0.489 e. The molecule has 4 aromatic rings. The molecule has 0 bridgehead atoms. The predicted octanol–water partition coefficient (Wildman–Crippen LogP) is 6.96. The molecule has 9 heteroatoms. The van der Waals surface area contributed by atoms with Crippen molar-refractivity contribution in [2.45, 2.75) is 44.3 Å². The first kappa shape index (κ1) is 26.8. The Bertz CT molecular complexity index is 1500. The third-order valence-electron chi connectivity index (χ3n) is 6.37. The van der Waals surface area contributed by atoms with Crippen molar-refractivity contribution >= 4 is 35.3 Å². The number of aryl methyl sites for hydroxylation is 1. The number of fused-ring (bicyclic) bond motifs is 1. The number of nitrogens with one attached hydrogen (secondary N) is 1. The molecule has 39 heavy (non-hydrogen) atoms. The van der Waals surface area contributed by atoms with Gasteiger partial charge in [-0.05, 0) is 55.7 Å². The van der Waals surface area contributed by atoms with Crippen molar-refractivity contribution in [1.82, 2.24) is 14.8 Å². The van der Waals surface area contributed by atoms with Crippen LogP contribution in [0.4, 0.5) is 5.95 Å². The van der Waals surface area contributed by atoms with Crippen LogP contribution < -0.4 is 10.1 Å². The summed E-state index contributed by atoms with van der Waals surface area (Å²) in [5.41, 5.74) is 5.36. The topological polar surface area (TPSA) is 78.3 Å². The van der Waals surface area contributed by atoms with Crippen LogP contribution in [-0.2, 0) is 21.9 Å². The van der Waals surface area contributed by atoms with Crippen molar-refractivity contribution in [3.05, 3.63) is 111 Å². The number of allylic oxidation sites excluding steroid dienone is 1. The zero-order chi connectivity index (χ0) is 27.4. The molecule has 0 amide bonds. The molecule has 1 aromatic heterocycles. The molecule has 1 unspecified atom stereocenters. The van der Waals surface area contributed by atoms with E-state index in [1.807, 2.05) is 55.5 Å². The number of carbonyl (C=O) groups is 1. The Kier molecular flexibility index (Phi) is 8.24. The number of rotatable bonds is 9. The normalized spacial score (nSPS) is 14.5. The standard InChI is InChI=1S/C30H29ClN4O3S/c1-4-37-28(36)26-20(3)32-29-33-30(39-18-23-7-5-6-8-25(23)31)34-35(29)27(26)22-13-15-24(16-14-22)38-17-21-11-9-19(2)10-12-21/h5-16,27H,4,17-18H2,1-3H3,(H,32,33,34). The van der Waals surface area contributed by atoms with Gasteiger partial charge in [-0.1, -0.05) is 83.5 Å². The summed E-state index contributed by atoms with van der Waals surface area (Å²) in [7, 11) is 0. The van der Waals surface area contributed by atoms with Gasteiger partial charge in [-0.25, -0.2) is 9.48 Å². The van der Waals surface area contributed by atoms with Gasteiger partial charge in [0.25, 0.3) is 0 Å². The average Bonchev–Trinajstić information content (AvgIpc) is 3.34. The number of carbonyl (C=O) groups excluding carboxylic acids is 1. The van der Waals surface area contributed by atoms with Crippen molar-refractivity contribution in [3.63, 3.8) is 0 Å². The molecule has 1 atom stereocenters. The summed E-state index contributed by atoms with van der Waals surface area (Å²) in [4.78, 5) is 17.8. The lowest BCUT2D eigenvalue weighted by molar-refractivity contribution is -0.139. The second kappa shape index (κ2) is 12.0. The van der Waals surface area contributed by atoms with Crippen molar-refractivity contribution < 1.29 is 14.3 Å². The van der Waals surface area contributed by atoms with E-state index in [4.69, 9.17) is 31.2 Å². The van der Waals surface area contributed by atoms with Gasteiger partial charge in [-0.2, -0.15) is 4.98 Å². The van der Waals surface area contributed by atoms with Crippen LogP contribution in [0.15, 0.2) is 89.2 Å². The van der Waals surface area contributed by atoms with Crippen molar-refractivity contribution in [3.8, 4) is 5.75 Å². The molecule has 7 nitrogen and oxygen atoms in total. The van der Waals surface area contributed by atoms with E-state index < -0.39 is 12.0 Å². The lowest BCUT2D eigenvalue weighted by Gasteiger charge is -2.28. The van der Waals surface area contributed by atoms with Gasteiger partial charge in [0, 0.05) is 16.5 Å². The number of thioether (sulfide) groups is 1. The quantitative estimate of drug-likeness (QED) is 0.175. The van der Waals surface area contributed by atoms with E-state index >= 15 is 0 Å². The molecule has 200 valence electrons. The number of esters is 1. The molecule has 5 rings (SSSR count). The molecule has 0 fully saturated rings. The van der Waals surface area contributed by atoms with E-state index in [0.29, 0.717) is 39.8 Å². The van der Waals surface area contributed by atoms with Gasteiger partial charge in [-0.3, -0.25) is 0 Å². The molecular weight excluding hydrogens is 532 g/mol. The van der Waals surface area contributed by atoms with Crippen molar-refractivity contribution in [2.75, 3.05) is 11.9 Å². The predicted molar refractivity (Wildman–Crippen MR) is 154 cm³/mol. The van der Waals surface area contributed by atoms with Crippen LogP contribution in [0.2, 0.25) is 5.02 Å². The monoisotopic (exact) mass is 560 g/mol. The van der Waals surface area contributed by atoms with E-state index in [2.05, 4.69) is 36.5 Å². The lowest BCUT2D eigenvalue weighted by atomic mass is 9.96. The van der Waals surface area contributed by atoms with Crippen molar-refractivity contribution in [1.29, 1.82) is 0 Å². The molecule has 0 aliphatic carbocycles. The van der Waals surface area contributed by atoms with Crippen molar-refractivity contribution in [2.24, 2.45) is 0 Å². The highest BCUT2D eigenvalue weighted by Gasteiger charge is 2.35. The number of hydrogen-bond donors (Lipinski definition) is 1. The molecule has 0 saturated heterocycles. The lowest BCUT2D eigenvalue weighted by Crippen LogP contribution is -2.29. The SMILES string of the molecule is CCOC(=O)C1=C(C)Nc2nc(SCc3ccccc3Cl)nn2C1c1ccc(OCc2ccc(C)cc2)cc1. The number of benzene rings is 3. The minimum Gasteiger partial charge on any atom is -0.489 e. The Balaban J connectivity index is 1.41. The van der Waals surface area contributed by atoms with Gasteiger partial charge < -0.3 is 14.8 Å². The molecule has 1 aliphatic heterocycles. The fraction of sp³-hybridized carbons (Fsp3) is 0.233. The molecule has 2 heterocycles. The fourth-order valence-corrected chi connectivity index (χ4v) is 5.44. The van der Waals surface area contributed by atoms with E-state index in [9.17, 15) is 4.79 Å². The molecule has 3 aromatic carbocycles. The van der Waals surface area contributed by atoms with E-state index in [0.717, 1.165) is 22.4 Å². The van der Waals surface area contributed by atoms with Gasteiger partial charge in [0.15, 0.2) is 0 Å². The van der Waals surface area contributed by atoms with E-state index in [-0.39, 0.29) is 6.61 Å². The molecule has 0 saturated carbocycles. The summed E-state index contributed by atoms with van der Waals surface area (Å²) >= 11 is 7.82. The molecular formula is C30H29ClN4O3S. The number of nitrogens with zero attached hydrogens (tertiary/aromatic N) is 3. The van der Waals surface area contributed by atoms with E-state index in [1.54, 1.807) is 11.6 Å². The number of anilines is 1. The maximum Gasteiger partial charge on any atom is 0.338 e. The van der Waals surface area contributed by atoms with Crippen LogP contribution in [-0.4, -0.2) is 27.3 Å². The van der Waals surface area contributed by atoms with Gasteiger partial charge in [0.2, 0.25) is 11.1 Å². The third-order valence-corrected chi connectivity index (χ3v) is 7.62. The minimum atomic E-state index is -0.506. The summed E-state index contributed by atoms with van der Waals surface area (Å²) in [6.07, 6.45) is 0. The highest BCUT2D eigenvalue weighted by Crippen LogP contribution is 2.38. The van der Waals surface area contributed by atoms with Crippen LogP contribution in [0.1, 0.15) is 42.1 Å². The average molecular weight is 561 g/mol. The van der Waals surface area contributed by atoms with Crippen LogP contribution >= 0.6 is 23.4 Å². The minimum absolute atomic E-state index is 0.275. The number of hydrogen-bond acceptors (Lipinski definition) is 7. The third kappa shape index (κ3) is 6.13. The van der Waals surface area contributed by atoms with Crippen LogP contribution in [0, 0.1) is 6.92 Å². The Hall–Kier alpha value is -3.75. The highest BCUT2D eigenvalue weighted by molar-refractivity contribution is 7.98. The Morgan fingerprint density at radius 1 is 1.05 bits per heavy atom. The van der Waals surface area contributed by atoms with E-state index in [1.165, 1.54) is 17.3 Å². The van der Waals surface area contributed by atoms with Gasteiger partial charge in [0.05, 0.1) is 12.2 Å². The Labute approximate surface area is 237 Å². The summed E-state index contributed by atoms with van der Waals surface area (Å²) in [6.45, 7) is 6.46. The second-order valence-corrected chi connectivity index (χ2v) is 10.5. The highest BCUT2D eigenvalue weighted by atomic mass is 35.5. The molecule has 1 N–H and O–H groups in total. The molecule has 1 aliphatic rings. The first-order chi connectivity index (χ1) is 18.9. The number of ether oxygens (including phenoxy) is 2. The summed E-state index contributed by atoms with van der Waals surface area (Å²) < 4.78 is 13.2. The first-order valence-corrected chi connectivity index (χ1v) is 14.0. The summed E-state index contributed by atoms with van der Waals surface area (Å²) in [6, 6.07) is 23.2. The second-order valence-electron chi connectivity index (χ2n) is 9.17. The molecule has 0 spiro atoms. The summed E-state index contributed by atoms with van der Waals surface area (Å²) in [5.74, 6) is 1.53. The van der Waals surface area contributed by atoms with Crippen LogP contribution in [0.25, 0.3) is 0 Å². The Morgan fingerprint density at radius 2 is 1.79 bits per heavy atom. The first-order valence-electron chi connectivity index (χ1n) is 12.7.